The molecule has 0 unspecified atom stereocenters. The van der Waals surface area contributed by atoms with E-state index in [2.05, 4.69) is 30.2 Å². The fraction of sp³-hybridized carbons (Fsp3) is 0.474. The Morgan fingerprint density at radius 3 is 2.65 bits per heavy atom. The molecule has 4 aromatic rings. The first-order chi connectivity index (χ1) is 26.0. The van der Waals surface area contributed by atoms with Gasteiger partial charge in [0, 0.05) is 35.5 Å². The van der Waals surface area contributed by atoms with Crippen molar-refractivity contribution in [2.45, 2.75) is 94.6 Å². The van der Waals surface area contributed by atoms with Crippen LogP contribution in [-0.2, 0) is 24.4 Å². The summed E-state index contributed by atoms with van der Waals surface area (Å²) in [6, 6.07) is 7.17. The number of allylic oxidation sites excluding steroid dienone is 2. The van der Waals surface area contributed by atoms with Crippen molar-refractivity contribution >= 4 is 55.3 Å². The molecule has 0 radical (unpaired) electrons. The van der Waals surface area contributed by atoms with E-state index in [0.717, 1.165) is 30.0 Å². The lowest BCUT2D eigenvalue weighted by atomic mass is 9.91. The number of nitrogens with one attached hydrogen (secondary N) is 3. The lowest BCUT2D eigenvalue weighted by molar-refractivity contribution is -0.140. The van der Waals surface area contributed by atoms with Crippen molar-refractivity contribution < 1.29 is 32.3 Å². The molecule has 16 heteroatoms. The molecule has 1 aromatic carbocycles. The summed E-state index contributed by atoms with van der Waals surface area (Å²) in [6.07, 6.45) is 10.7. The summed E-state index contributed by atoms with van der Waals surface area (Å²) in [6.45, 7) is 1.78. The van der Waals surface area contributed by atoms with E-state index in [1.807, 2.05) is 36.4 Å². The number of hydrogen-bond acceptors (Lipinski definition) is 11. The van der Waals surface area contributed by atoms with Crippen molar-refractivity contribution in [1.82, 2.24) is 40.1 Å². The Hall–Kier alpha value is -5.25. The monoisotopic (exact) mass is 754 g/mol. The number of aryl methyl sites for hydroxylation is 1. The molecule has 3 fully saturated rings. The van der Waals surface area contributed by atoms with Gasteiger partial charge in [0.2, 0.25) is 27.7 Å². The number of sulfonamides is 1. The second-order valence-corrected chi connectivity index (χ2v) is 17.0. The van der Waals surface area contributed by atoms with Gasteiger partial charge in [0.1, 0.15) is 24.2 Å². The molecule has 3 aromatic heterocycles. The predicted molar refractivity (Wildman–Crippen MR) is 196 cm³/mol. The zero-order valence-electron chi connectivity index (χ0n) is 29.9. The van der Waals surface area contributed by atoms with E-state index in [0.29, 0.717) is 48.8 Å². The van der Waals surface area contributed by atoms with Crippen molar-refractivity contribution in [1.29, 1.82) is 0 Å². The van der Waals surface area contributed by atoms with E-state index in [9.17, 15) is 27.6 Å². The minimum atomic E-state index is -3.86. The third-order valence-electron chi connectivity index (χ3n) is 11.1. The number of carbonyl (C=O) groups is 4. The molecule has 2 aliphatic heterocycles. The zero-order valence-corrected chi connectivity index (χ0v) is 30.7. The molecule has 5 heterocycles. The number of H-pyrrole nitrogens is 1. The second-order valence-electron chi connectivity index (χ2n) is 15.0. The smallest absolute Gasteiger partial charge is 0.272 e. The minimum absolute atomic E-state index is 0.0134. The summed E-state index contributed by atoms with van der Waals surface area (Å²) in [5, 5.41) is 11.4. The number of Topliss-reactive ketones (excluding diaryl/α,β-unsaturated/α-hetero) is 1. The number of benzene rings is 1. The Morgan fingerprint density at radius 1 is 1.06 bits per heavy atom. The molecule has 3 amide bonds. The summed E-state index contributed by atoms with van der Waals surface area (Å²) in [4.78, 5) is 70.9. The van der Waals surface area contributed by atoms with Gasteiger partial charge in [0.15, 0.2) is 11.4 Å². The number of rotatable bonds is 7. The number of hydrogen-bond donors (Lipinski definition) is 3. The first-order valence-corrected chi connectivity index (χ1v) is 20.1. The van der Waals surface area contributed by atoms with Gasteiger partial charge in [-0.15, -0.1) is 0 Å². The highest BCUT2D eigenvalue weighted by atomic mass is 32.2. The molecule has 2 aliphatic carbocycles. The Balaban J connectivity index is 1.12. The number of aromatic amines is 1. The Kier molecular flexibility index (Phi) is 9.40. The Bertz CT molecular complexity index is 2290. The van der Waals surface area contributed by atoms with Gasteiger partial charge in [0.25, 0.3) is 5.91 Å². The van der Waals surface area contributed by atoms with E-state index in [-0.39, 0.29) is 42.7 Å². The molecule has 8 rings (SSSR count). The Labute approximate surface area is 311 Å². The largest absolute Gasteiger partial charge is 0.472 e. The van der Waals surface area contributed by atoms with Gasteiger partial charge in [-0.1, -0.05) is 43.2 Å². The minimum Gasteiger partial charge on any atom is -0.472 e. The van der Waals surface area contributed by atoms with E-state index < -0.39 is 56.6 Å². The maximum atomic E-state index is 14.6. The number of ether oxygens (including phenoxy) is 1. The van der Waals surface area contributed by atoms with Crippen LogP contribution in [0.4, 0.5) is 0 Å². The van der Waals surface area contributed by atoms with Crippen molar-refractivity contribution in [3.63, 3.8) is 0 Å². The summed E-state index contributed by atoms with van der Waals surface area (Å²) in [7, 11) is -3.86. The Morgan fingerprint density at radius 2 is 1.87 bits per heavy atom. The molecule has 4 aliphatic rings. The van der Waals surface area contributed by atoms with Crippen LogP contribution in [0.1, 0.15) is 80.4 Å². The van der Waals surface area contributed by atoms with Crippen LogP contribution in [0.25, 0.3) is 21.8 Å². The van der Waals surface area contributed by atoms with Crippen molar-refractivity contribution in [3.05, 3.63) is 66.4 Å². The standard InChI is InChI=1S/C38H42N8O7S/c1-22-15-30(44-43-22)34(48)41-29-12-6-4-2-3-5-9-23-17-38(23,37(50)45-54(51,52)25-13-14-25)18-32(47)31-16-24(20-46(31)36(29)49)53-35-27-11-8-7-10-26(27)28-19-39-21-40-33(28)42-35/h5,7-11,15,19,21,23-25,29,31H,2-4,6,12-14,16-18,20H2,1H3,(H,41,48)(H,43,44)(H,45,50)/b9-5-/t23-,24-,29+,31+,38-/m1/s1. The van der Waals surface area contributed by atoms with Crippen molar-refractivity contribution in [2.75, 3.05) is 6.54 Å². The molecule has 5 atom stereocenters. The number of fused-ring (bicyclic) bond motifs is 5. The van der Waals surface area contributed by atoms with E-state index in [1.165, 1.54) is 11.2 Å². The average Bonchev–Trinajstić information content (AvgIpc) is 4.05. The highest BCUT2D eigenvalue weighted by Gasteiger charge is 2.61. The first kappa shape index (κ1) is 35.8. The summed E-state index contributed by atoms with van der Waals surface area (Å²) < 4.78 is 34.6. The van der Waals surface area contributed by atoms with Crippen LogP contribution < -0.4 is 14.8 Å². The zero-order chi connectivity index (χ0) is 37.6. The number of ketones is 1. The number of aromatic nitrogens is 5. The van der Waals surface area contributed by atoms with Gasteiger partial charge in [-0.3, -0.25) is 29.0 Å². The van der Waals surface area contributed by atoms with Crippen LogP contribution in [-0.4, -0.2) is 92.0 Å². The number of nitrogens with zero attached hydrogens (tertiary/aromatic N) is 5. The summed E-state index contributed by atoms with van der Waals surface area (Å²) in [5.74, 6) is -2.06. The van der Waals surface area contributed by atoms with Crippen LogP contribution in [0.15, 0.2) is 55.0 Å². The molecule has 0 spiro atoms. The van der Waals surface area contributed by atoms with Crippen molar-refractivity contribution in [3.8, 4) is 5.88 Å². The number of amides is 3. The van der Waals surface area contributed by atoms with Crippen LogP contribution in [0.3, 0.4) is 0 Å². The lowest BCUT2D eigenvalue weighted by Crippen LogP contribution is -2.52. The molecule has 282 valence electrons. The van der Waals surface area contributed by atoms with E-state index >= 15 is 0 Å². The quantitative estimate of drug-likeness (QED) is 0.184. The third-order valence-corrected chi connectivity index (χ3v) is 12.9. The van der Waals surface area contributed by atoms with Crippen LogP contribution in [0, 0.1) is 18.3 Å². The topological polar surface area (TPSA) is 206 Å². The maximum absolute atomic E-state index is 14.6. The summed E-state index contributed by atoms with van der Waals surface area (Å²) in [5.41, 5.74) is -0.000134. The van der Waals surface area contributed by atoms with Crippen molar-refractivity contribution in [2.24, 2.45) is 11.3 Å². The molecule has 15 nitrogen and oxygen atoms in total. The van der Waals surface area contributed by atoms with Gasteiger partial charge in [0.05, 0.1) is 23.3 Å². The number of pyridine rings is 1. The molecule has 1 saturated heterocycles. The highest BCUT2D eigenvalue weighted by Crippen LogP contribution is 2.57. The molecule has 2 saturated carbocycles. The van der Waals surface area contributed by atoms with Crippen LogP contribution in [0.5, 0.6) is 5.88 Å². The first-order valence-electron chi connectivity index (χ1n) is 18.6. The highest BCUT2D eigenvalue weighted by molar-refractivity contribution is 7.90. The molecular weight excluding hydrogens is 713 g/mol. The van der Waals surface area contributed by atoms with Gasteiger partial charge in [-0.2, -0.15) is 10.1 Å². The fourth-order valence-corrected chi connectivity index (χ4v) is 9.25. The van der Waals surface area contributed by atoms with Gasteiger partial charge in [-0.05, 0) is 68.9 Å². The van der Waals surface area contributed by atoms with E-state index in [1.54, 1.807) is 19.2 Å². The molecule has 54 heavy (non-hydrogen) atoms. The van der Waals surface area contributed by atoms with Gasteiger partial charge in [-0.25, -0.2) is 18.4 Å². The van der Waals surface area contributed by atoms with Gasteiger partial charge >= 0.3 is 0 Å². The van der Waals surface area contributed by atoms with Gasteiger partial charge < -0.3 is 15.0 Å². The third kappa shape index (κ3) is 7.06. The normalized spacial score (nSPS) is 27.0. The lowest BCUT2D eigenvalue weighted by Gasteiger charge is -2.29. The second kappa shape index (κ2) is 14.2. The molecule has 0 bridgehead atoms. The summed E-state index contributed by atoms with van der Waals surface area (Å²) >= 11 is 0. The predicted octanol–water partition coefficient (Wildman–Crippen LogP) is 3.45. The average molecular weight is 755 g/mol. The SMILES string of the molecule is Cc1cc(C(=O)N[C@H]2CCCCC/C=C\[C@@H]3C[C@@]3(C(=O)NS(=O)(=O)C3CC3)CC(=O)[C@@H]3C[C@@H](Oc4nc5ncncc5c5ccccc45)CN3C2=O)n[nH]1. The fourth-order valence-electron chi connectivity index (χ4n) is 7.87. The molecule has 3 N–H and O–H groups in total. The number of carbonyl (C=O) groups excluding carboxylic acids is 4. The molecular formula is C38H42N8O7S. The van der Waals surface area contributed by atoms with E-state index in [4.69, 9.17) is 9.72 Å². The maximum Gasteiger partial charge on any atom is 0.272 e. The van der Waals surface area contributed by atoms with Crippen LogP contribution in [0.2, 0.25) is 0 Å². The van der Waals surface area contributed by atoms with Crippen LogP contribution >= 0.6 is 0 Å².